The van der Waals surface area contributed by atoms with Crippen molar-refractivity contribution < 1.29 is 9.90 Å². The van der Waals surface area contributed by atoms with E-state index in [0.717, 1.165) is 0 Å². The van der Waals surface area contributed by atoms with Crippen molar-refractivity contribution in [2.24, 2.45) is 0 Å². The molecule has 1 N–H and O–H groups in total. The summed E-state index contributed by atoms with van der Waals surface area (Å²) in [6, 6.07) is 0. The van der Waals surface area contributed by atoms with Gasteiger partial charge in [-0.15, -0.1) is 0 Å². The first-order valence-electron chi connectivity index (χ1n) is 4.93. The van der Waals surface area contributed by atoms with Crippen LogP contribution in [0.5, 0.6) is 0 Å². The smallest absolute Gasteiger partial charge is 0.330 e. The Labute approximate surface area is 89.1 Å². The van der Waals surface area contributed by atoms with Crippen LogP contribution in [0.25, 0.3) is 0 Å². The Hall–Kier alpha value is -0.356. The molecule has 0 rings (SSSR count). The molecule has 0 atom stereocenters. The average molecular weight is 230 g/mol. The first kappa shape index (κ1) is 13.6. The van der Waals surface area contributed by atoms with Crippen LogP contribution in [0.15, 0.2) is 10.4 Å². The topological polar surface area (TPSA) is 37.3 Å². The summed E-state index contributed by atoms with van der Waals surface area (Å²) in [6.45, 7) is 15.1. The first-order chi connectivity index (χ1) is 5.98. The van der Waals surface area contributed by atoms with Gasteiger partial charge in [-0.05, 0) is 6.92 Å². The van der Waals surface area contributed by atoms with E-state index in [9.17, 15) is 4.79 Å². The summed E-state index contributed by atoms with van der Waals surface area (Å²) in [6.07, 6.45) is 0. The molecule has 0 heterocycles. The molecule has 2 nitrogen and oxygen atoms in total. The minimum absolute atomic E-state index is 0.600. The van der Waals surface area contributed by atoms with Gasteiger partial charge in [0.1, 0.15) is 0 Å². The van der Waals surface area contributed by atoms with E-state index >= 15 is 0 Å². The molecule has 0 aliphatic carbocycles. The third kappa shape index (κ3) is 3.42. The predicted molar refractivity (Wildman–Crippen MR) is 67.0 cm³/mol. The molecule has 0 aromatic carbocycles. The van der Waals surface area contributed by atoms with E-state index in [1.807, 2.05) is 0 Å². The largest absolute Gasteiger partial charge is 0.478 e. The lowest BCUT2D eigenvalue weighted by molar-refractivity contribution is -0.132. The minimum atomic E-state index is -1.49. The Morgan fingerprint density at radius 1 is 0.929 bits per heavy atom. The van der Waals surface area contributed by atoms with E-state index in [2.05, 4.69) is 39.3 Å². The maximum atomic E-state index is 11.0. The molecule has 0 spiro atoms. The van der Waals surface area contributed by atoms with Crippen molar-refractivity contribution >= 4 is 22.1 Å². The standard InChI is InChI=1S/C10H22O2Si2/c1-8(9(11)12)10(13(2,3)4)14(5,6)7/h1-7H3,(H,11,12). The second-order valence-corrected chi connectivity index (χ2v) is 16.3. The van der Waals surface area contributed by atoms with Gasteiger partial charge in [0.2, 0.25) is 0 Å². The number of carbonyl (C=O) groups is 1. The van der Waals surface area contributed by atoms with Gasteiger partial charge < -0.3 is 5.11 Å². The zero-order valence-corrected chi connectivity index (χ0v) is 12.4. The minimum Gasteiger partial charge on any atom is -0.478 e. The Morgan fingerprint density at radius 3 is 1.29 bits per heavy atom. The van der Waals surface area contributed by atoms with Crippen LogP contribution in [-0.2, 0) is 4.79 Å². The number of rotatable bonds is 3. The van der Waals surface area contributed by atoms with Gasteiger partial charge in [-0.1, -0.05) is 44.1 Å². The van der Waals surface area contributed by atoms with Crippen molar-refractivity contribution in [1.29, 1.82) is 0 Å². The summed E-state index contributed by atoms with van der Waals surface area (Å²) in [4.78, 5) is 12.3. The molecule has 0 fully saturated rings. The molecule has 0 saturated heterocycles. The van der Waals surface area contributed by atoms with E-state index in [4.69, 9.17) is 5.11 Å². The highest BCUT2D eigenvalue weighted by molar-refractivity contribution is 7.05. The number of hydrogen-bond donors (Lipinski definition) is 1. The van der Waals surface area contributed by atoms with Crippen LogP contribution < -0.4 is 0 Å². The molecule has 0 saturated carbocycles. The summed E-state index contributed by atoms with van der Waals surface area (Å²) in [5.41, 5.74) is 0.600. The fourth-order valence-corrected chi connectivity index (χ4v) is 13.8. The van der Waals surface area contributed by atoms with Gasteiger partial charge >= 0.3 is 5.97 Å². The van der Waals surface area contributed by atoms with Crippen LogP contribution >= 0.6 is 0 Å². The highest BCUT2D eigenvalue weighted by Crippen LogP contribution is 2.28. The molecule has 0 radical (unpaired) electrons. The van der Waals surface area contributed by atoms with E-state index in [1.54, 1.807) is 6.92 Å². The molecule has 0 aliphatic heterocycles. The Kier molecular flexibility index (Phi) is 3.92. The van der Waals surface area contributed by atoms with Gasteiger partial charge in [0.15, 0.2) is 0 Å². The van der Waals surface area contributed by atoms with Gasteiger partial charge in [0.05, 0.1) is 16.1 Å². The molecule has 82 valence electrons. The summed E-state index contributed by atoms with van der Waals surface area (Å²) in [7, 11) is -2.97. The summed E-state index contributed by atoms with van der Waals surface area (Å²) >= 11 is 0. The number of carboxylic acid groups (broad SMARTS) is 1. The first-order valence-corrected chi connectivity index (χ1v) is 11.9. The zero-order chi connectivity index (χ0) is 11.7. The van der Waals surface area contributed by atoms with Crippen LogP contribution in [0.4, 0.5) is 0 Å². The van der Waals surface area contributed by atoms with Crippen LogP contribution in [-0.4, -0.2) is 27.2 Å². The lowest BCUT2D eigenvalue weighted by Crippen LogP contribution is -2.41. The Bertz CT molecular complexity index is 251. The van der Waals surface area contributed by atoms with Gasteiger partial charge in [-0.2, -0.15) is 0 Å². The zero-order valence-electron chi connectivity index (χ0n) is 10.4. The lowest BCUT2D eigenvalue weighted by Gasteiger charge is -2.32. The molecule has 0 bridgehead atoms. The Balaban J connectivity index is 5.57. The lowest BCUT2D eigenvalue weighted by atomic mass is 10.4. The van der Waals surface area contributed by atoms with Crippen molar-refractivity contribution in [3.8, 4) is 0 Å². The van der Waals surface area contributed by atoms with Gasteiger partial charge in [-0.25, -0.2) is 4.79 Å². The number of carboxylic acids is 1. The third-order valence-corrected chi connectivity index (χ3v) is 10.4. The van der Waals surface area contributed by atoms with Gasteiger partial charge in [-0.3, -0.25) is 0 Å². The highest BCUT2D eigenvalue weighted by Gasteiger charge is 2.34. The van der Waals surface area contributed by atoms with Crippen LogP contribution in [0, 0.1) is 0 Å². The molecule has 0 aromatic rings. The van der Waals surface area contributed by atoms with Crippen LogP contribution in [0.2, 0.25) is 39.3 Å². The number of hydrogen-bond acceptors (Lipinski definition) is 1. The molecule has 4 heteroatoms. The molecule has 0 amide bonds. The Morgan fingerprint density at radius 2 is 1.21 bits per heavy atom. The summed E-state index contributed by atoms with van der Waals surface area (Å²) in [5.74, 6) is -0.746. The fraction of sp³-hybridized carbons (Fsp3) is 0.700. The van der Waals surface area contributed by atoms with Crippen molar-refractivity contribution in [3.63, 3.8) is 0 Å². The average Bonchev–Trinajstić information content (AvgIpc) is 1.79. The maximum absolute atomic E-state index is 11.0. The molecular weight excluding hydrogens is 208 g/mol. The molecular formula is C10H22O2Si2. The summed E-state index contributed by atoms with van der Waals surface area (Å²) < 4.78 is 0. The third-order valence-electron chi connectivity index (χ3n) is 2.20. The van der Waals surface area contributed by atoms with Crippen molar-refractivity contribution in [2.45, 2.75) is 46.2 Å². The van der Waals surface area contributed by atoms with Crippen molar-refractivity contribution in [3.05, 3.63) is 10.4 Å². The second kappa shape index (κ2) is 4.02. The summed E-state index contributed by atoms with van der Waals surface area (Å²) in [5, 5.41) is 9.07. The van der Waals surface area contributed by atoms with Gasteiger partial charge in [0.25, 0.3) is 0 Å². The second-order valence-electron chi connectivity index (χ2n) is 5.81. The predicted octanol–water partition coefficient (Wildman–Crippen LogP) is 3.14. The fourth-order valence-electron chi connectivity index (χ4n) is 2.36. The SMILES string of the molecule is CC(C(=O)O)=C([Si](C)(C)C)[Si](C)(C)C. The molecule has 0 unspecified atom stereocenters. The van der Waals surface area contributed by atoms with Crippen LogP contribution in [0.1, 0.15) is 6.92 Å². The van der Waals surface area contributed by atoms with E-state index in [0.29, 0.717) is 5.57 Å². The monoisotopic (exact) mass is 230 g/mol. The van der Waals surface area contributed by atoms with Crippen LogP contribution in [0.3, 0.4) is 0 Å². The highest BCUT2D eigenvalue weighted by atomic mass is 28.4. The maximum Gasteiger partial charge on any atom is 0.330 e. The van der Waals surface area contributed by atoms with Crippen molar-refractivity contribution in [1.82, 2.24) is 0 Å². The van der Waals surface area contributed by atoms with E-state index in [1.165, 1.54) is 4.82 Å². The normalized spacial score (nSPS) is 12.5. The van der Waals surface area contributed by atoms with E-state index < -0.39 is 22.1 Å². The van der Waals surface area contributed by atoms with Crippen molar-refractivity contribution in [2.75, 3.05) is 0 Å². The molecule has 0 aliphatic rings. The molecule has 14 heavy (non-hydrogen) atoms. The quantitative estimate of drug-likeness (QED) is 0.597. The van der Waals surface area contributed by atoms with E-state index in [-0.39, 0.29) is 0 Å². The van der Waals surface area contributed by atoms with Gasteiger partial charge in [0, 0.05) is 5.57 Å². The number of aliphatic carboxylic acids is 1. The molecule has 0 aromatic heterocycles.